The second-order valence-electron chi connectivity index (χ2n) is 4.78. The second kappa shape index (κ2) is 6.02. The maximum atomic E-state index is 13.7. The van der Waals surface area contributed by atoms with Crippen molar-refractivity contribution in [1.82, 2.24) is 5.32 Å². The first-order valence-corrected chi connectivity index (χ1v) is 7.13. The molecular formula is C16H16BrF2N. The topological polar surface area (TPSA) is 12.0 Å². The highest BCUT2D eigenvalue weighted by molar-refractivity contribution is 9.10. The molecule has 0 aliphatic heterocycles. The zero-order valence-corrected chi connectivity index (χ0v) is 13.2. The molecule has 4 heteroatoms. The van der Waals surface area contributed by atoms with Crippen LogP contribution in [0.4, 0.5) is 8.78 Å². The number of rotatable bonds is 3. The Hall–Kier alpha value is -1.26. The summed E-state index contributed by atoms with van der Waals surface area (Å²) >= 11 is 3.16. The van der Waals surface area contributed by atoms with Crippen LogP contribution in [0.5, 0.6) is 0 Å². The molecular weight excluding hydrogens is 324 g/mol. The highest BCUT2D eigenvalue weighted by Crippen LogP contribution is 2.33. The van der Waals surface area contributed by atoms with E-state index in [1.54, 1.807) is 13.1 Å². The molecule has 0 saturated carbocycles. The van der Waals surface area contributed by atoms with Crippen LogP contribution < -0.4 is 5.32 Å². The zero-order valence-electron chi connectivity index (χ0n) is 11.6. The fourth-order valence-electron chi connectivity index (χ4n) is 2.33. The summed E-state index contributed by atoms with van der Waals surface area (Å²) in [6.07, 6.45) is 0. The molecule has 1 N–H and O–H groups in total. The standard InChI is InChI=1S/C16H16BrF2N/c1-9-5-4-6-11(10(9)2)16(20-3)12-7-8-13(18)15(19)14(12)17/h4-8,16,20H,1-3H3. The second-order valence-corrected chi connectivity index (χ2v) is 5.57. The summed E-state index contributed by atoms with van der Waals surface area (Å²) < 4.78 is 27.1. The molecule has 0 bridgehead atoms. The van der Waals surface area contributed by atoms with Crippen LogP contribution in [0, 0.1) is 25.5 Å². The molecule has 1 atom stereocenters. The van der Waals surface area contributed by atoms with E-state index in [0.29, 0.717) is 5.56 Å². The van der Waals surface area contributed by atoms with Gasteiger partial charge < -0.3 is 5.32 Å². The van der Waals surface area contributed by atoms with Gasteiger partial charge in [-0.3, -0.25) is 0 Å². The van der Waals surface area contributed by atoms with Crippen molar-refractivity contribution in [3.8, 4) is 0 Å². The predicted molar refractivity (Wildman–Crippen MR) is 80.9 cm³/mol. The van der Waals surface area contributed by atoms with Gasteiger partial charge in [-0.25, -0.2) is 8.78 Å². The van der Waals surface area contributed by atoms with Crippen LogP contribution in [0.25, 0.3) is 0 Å². The predicted octanol–water partition coefficient (Wildman–Crippen LogP) is 4.65. The number of hydrogen-bond donors (Lipinski definition) is 1. The lowest BCUT2D eigenvalue weighted by molar-refractivity contribution is 0.499. The van der Waals surface area contributed by atoms with Gasteiger partial charge in [-0.05, 0) is 65.1 Å². The fourth-order valence-corrected chi connectivity index (χ4v) is 2.88. The maximum Gasteiger partial charge on any atom is 0.173 e. The summed E-state index contributed by atoms with van der Waals surface area (Å²) in [5.41, 5.74) is 4.05. The molecule has 0 aliphatic carbocycles. The van der Waals surface area contributed by atoms with E-state index in [1.807, 2.05) is 32.0 Å². The van der Waals surface area contributed by atoms with Crippen LogP contribution in [-0.2, 0) is 0 Å². The molecule has 2 aromatic carbocycles. The third kappa shape index (κ3) is 2.63. The largest absolute Gasteiger partial charge is 0.309 e. The quantitative estimate of drug-likeness (QED) is 0.802. The van der Waals surface area contributed by atoms with E-state index in [-0.39, 0.29) is 10.5 Å². The Balaban J connectivity index is 2.59. The van der Waals surface area contributed by atoms with Gasteiger partial charge >= 0.3 is 0 Å². The lowest BCUT2D eigenvalue weighted by Crippen LogP contribution is -2.20. The van der Waals surface area contributed by atoms with Gasteiger partial charge in [0.2, 0.25) is 0 Å². The van der Waals surface area contributed by atoms with Crippen LogP contribution in [0.2, 0.25) is 0 Å². The van der Waals surface area contributed by atoms with E-state index >= 15 is 0 Å². The molecule has 1 nitrogen and oxygen atoms in total. The molecule has 0 fully saturated rings. The van der Waals surface area contributed by atoms with Gasteiger partial charge in [0.25, 0.3) is 0 Å². The lowest BCUT2D eigenvalue weighted by atomic mass is 9.92. The van der Waals surface area contributed by atoms with Gasteiger partial charge in [0.1, 0.15) is 0 Å². The summed E-state index contributed by atoms with van der Waals surface area (Å²) in [6, 6.07) is 8.56. The molecule has 0 spiro atoms. The first kappa shape index (κ1) is 15.1. The van der Waals surface area contributed by atoms with Crippen molar-refractivity contribution in [2.24, 2.45) is 0 Å². The monoisotopic (exact) mass is 339 g/mol. The molecule has 0 aromatic heterocycles. The van der Waals surface area contributed by atoms with Gasteiger partial charge in [0.15, 0.2) is 11.6 Å². The molecule has 0 heterocycles. The normalized spacial score (nSPS) is 12.5. The summed E-state index contributed by atoms with van der Waals surface area (Å²) in [4.78, 5) is 0. The SMILES string of the molecule is CNC(c1cccc(C)c1C)c1ccc(F)c(F)c1Br. The van der Waals surface area contributed by atoms with E-state index in [1.165, 1.54) is 5.56 Å². The van der Waals surface area contributed by atoms with Crippen molar-refractivity contribution in [3.63, 3.8) is 0 Å². The molecule has 0 amide bonds. The van der Waals surface area contributed by atoms with Crippen LogP contribution in [-0.4, -0.2) is 7.05 Å². The van der Waals surface area contributed by atoms with Crippen LogP contribution in [0.1, 0.15) is 28.3 Å². The number of halogens is 3. The Kier molecular flexibility index (Phi) is 4.55. The number of nitrogens with one attached hydrogen (secondary N) is 1. The molecule has 1 unspecified atom stereocenters. The van der Waals surface area contributed by atoms with Gasteiger partial charge in [-0.1, -0.05) is 24.3 Å². The number of aryl methyl sites for hydroxylation is 1. The summed E-state index contributed by atoms with van der Waals surface area (Å²) in [7, 11) is 1.81. The van der Waals surface area contributed by atoms with Crippen LogP contribution in [0.3, 0.4) is 0 Å². The Morgan fingerprint density at radius 2 is 1.75 bits per heavy atom. The van der Waals surface area contributed by atoms with Gasteiger partial charge in [0, 0.05) is 0 Å². The van der Waals surface area contributed by atoms with Crippen LogP contribution >= 0.6 is 15.9 Å². The van der Waals surface area contributed by atoms with Gasteiger partial charge in [-0.15, -0.1) is 0 Å². The summed E-state index contributed by atoms with van der Waals surface area (Å²) in [5.74, 6) is -1.70. The Bertz CT molecular complexity index is 641. The van der Waals surface area contributed by atoms with Crippen molar-refractivity contribution >= 4 is 15.9 Å². The van der Waals surface area contributed by atoms with Crippen LogP contribution in [0.15, 0.2) is 34.8 Å². The van der Waals surface area contributed by atoms with E-state index in [0.717, 1.165) is 17.2 Å². The van der Waals surface area contributed by atoms with Crippen molar-refractivity contribution in [2.45, 2.75) is 19.9 Å². The van der Waals surface area contributed by atoms with Gasteiger partial charge in [0.05, 0.1) is 10.5 Å². The van der Waals surface area contributed by atoms with E-state index in [2.05, 4.69) is 21.2 Å². The van der Waals surface area contributed by atoms with Crippen molar-refractivity contribution < 1.29 is 8.78 Å². The average molecular weight is 340 g/mol. The Labute approximate surface area is 126 Å². The Morgan fingerprint density at radius 3 is 2.40 bits per heavy atom. The van der Waals surface area contributed by atoms with Crippen molar-refractivity contribution in [2.75, 3.05) is 7.05 Å². The van der Waals surface area contributed by atoms with E-state index in [4.69, 9.17) is 0 Å². The van der Waals surface area contributed by atoms with E-state index in [9.17, 15) is 8.78 Å². The van der Waals surface area contributed by atoms with Crippen molar-refractivity contribution in [1.29, 1.82) is 0 Å². The van der Waals surface area contributed by atoms with E-state index < -0.39 is 11.6 Å². The minimum atomic E-state index is -0.854. The minimum Gasteiger partial charge on any atom is -0.309 e. The molecule has 2 aromatic rings. The molecule has 2 rings (SSSR count). The van der Waals surface area contributed by atoms with Crippen molar-refractivity contribution in [3.05, 3.63) is 68.7 Å². The maximum absolute atomic E-state index is 13.7. The lowest BCUT2D eigenvalue weighted by Gasteiger charge is -2.22. The number of benzene rings is 2. The van der Waals surface area contributed by atoms with Gasteiger partial charge in [-0.2, -0.15) is 0 Å². The highest BCUT2D eigenvalue weighted by Gasteiger charge is 2.21. The smallest absolute Gasteiger partial charge is 0.173 e. The third-order valence-corrected chi connectivity index (χ3v) is 4.43. The molecule has 0 saturated heterocycles. The fraction of sp³-hybridized carbons (Fsp3) is 0.250. The molecule has 0 radical (unpaired) electrons. The first-order valence-electron chi connectivity index (χ1n) is 6.34. The molecule has 20 heavy (non-hydrogen) atoms. The molecule has 106 valence electrons. The summed E-state index contributed by atoms with van der Waals surface area (Å²) in [6.45, 7) is 4.06. The number of hydrogen-bond acceptors (Lipinski definition) is 1. The Morgan fingerprint density at radius 1 is 1.05 bits per heavy atom. The average Bonchev–Trinajstić information content (AvgIpc) is 2.44. The summed E-state index contributed by atoms with van der Waals surface area (Å²) in [5, 5.41) is 3.17. The highest BCUT2D eigenvalue weighted by atomic mass is 79.9. The zero-order chi connectivity index (χ0) is 14.9. The third-order valence-electron chi connectivity index (χ3n) is 3.62. The first-order chi connectivity index (χ1) is 9.47. The molecule has 0 aliphatic rings. The minimum absolute atomic E-state index is 0.165.